The minimum atomic E-state index is -0.452. The number of ether oxygens (including phenoxy) is 2. The van der Waals surface area contributed by atoms with Crippen molar-refractivity contribution in [2.45, 2.75) is 13.8 Å². The number of carbonyl (C=O) groups excluding carboxylic acids is 2. The molecule has 202 valence electrons. The second kappa shape index (κ2) is 10.2. The van der Waals surface area contributed by atoms with Crippen LogP contribution >= 0.6 is 0 Å². The molecule has 0 fully saturated rings. The minimum absolute atomic E-state index is 0.437. The van der Waals surface area contributed by atoms with E-state index in [9.17, 15) is 9.59 Å². The highest BCUT2D eigenvalue weighted by molar-refractivity contribution is 6.14. The molecule has 0 aliphatic rings. The van der Waals surface area contributed by atoms with E-state index in [2.05, 4.69) is 0 Å². The zero-order valence-corrected chi connectivity index (χ0v) is 23.2. The fourth-order valence-electron chi connectivity index (χ4n) is 5.52. The van der Waals surface area contributed by atoms with Crippen LogP contribution < -0.4 is 9.47 Å². The van der Waals surface area contributed by atoms with E-state index in [0.717, 1.165) is 32.7 Å². The van der Waals surface area contributed by atoms with Gasteiger partial charge in [-0.15, -0.1) is 0 Å². The van der Waals surface area contributed by atoms with Crippen molar-refractivity contribution in [1.29, 1.82) is 0 Å². The average molecular weight is 547 g/mol. The van der Waals surface area contributed by atoms with Gasteiger partial charge in [0.2, 0.25) is 0 Å². The van der Waals surface area contributed by atoms with Crippen LogP contribution in [0.5, 0.6) is 11.5 Å². The van der Waals surface area contributed by atoms with Gasteiger partial charge in [0.15, 0.2) is 0 Å². The normalized spacial score (nSPS) is 11.3. The summed E-state index contributed by atoms with van der Waals surface area (Å²) in [5.74, 6) is -0.0302. The first-order valence-electron chi connectivity index (χ1n) is 13.8. The zero-order chi connectivity index (χ0) is 28.8. The molecule has 0 atom stereocenters. The Bertz CT molecular complexity index is 2050. The monoisotopic (exact) mass is 546 g/mol. The van der Waals surface area contributed by atoms with E-state index < -0.39 is 11.9 Å². The van der Waals surface area contributed by atoms with Gasteiger partial charge >= 0.3 is 11.9 Å². The third-order valence-corrected chi connectivity index (χ3v) is 7.90. The van der Waals surface area contributed by atoms with Crippen LogP contribution in [0.25, 0.3) is 43.1 Å². The Balaban J connectivity index is 1.36. The van der Waals surface area contributed by atoms with E-state index in [1.807, 2.05) is 123 Å². The molecule has 0 saturated heterocycles. The van der Waals surface area contributed by atoms with Crippen molar-refractivity contribution in [3.63, 3.8) is 0 Å². The van der Waals surface area contributed by atoms with Gasteiger partial charge in [0.1, 0.15) is 11.5 Å². The highest BCUT2D eigenvalue weighted by Crippen LogP contribution is 2.44. The quantitative estimate of drug-likeness (QED) is 0.125. The van der Waals surface area contributed by atoms with Gasteiger partial charge in [0, 0.05) is 21.5 Å². The van der Waals surface area contributed by atoms with E-state index in [4.69, 9.17) is 9.47 Å². The number of rotatable bonds is 4. The summed E-state index contributed by atoms with van der Waals surface area (Å²) < 4.78 is 12.4. The van der Waals surface area contributed by atoms with Crippen molar-refractivity contribution in [2.24, 2.45) is 0 Å². The largest absolute Gasteiger partial charge is 0.422 e. The fraction of sp³-hybridized carbons (Fsp3) is 0.0526. The summed E-state index contributed by atoms with van der Waals surface area (Å²) in [5, 5.41) is 6.79. The first-order chi connectivity index (χ1) is 20.5. The van der Waals surface area contributed by atoms with Crippen LogP contribution in [0.1, 0.15) is 31.8 Å². The summed E-state index contributed by atoms with van der Waals surface area (Å²) in [4.78, 5) is 27.1. The molecule has 0 bridgehead atoms. The Morgan fingerprint density at radius 1 is 0.429 bits per heavy atom. The predicted octanol–water partition coefficient (Wildman–Crippen LogP) is 9.35. The van der Waals surface area contributed by atoms with Crippen molar-refractivity contribution in [1.82, 2.24) is 0 Å². The second-order valence-electron chi connectivity index (χ2n) is 10.6. The number of benzene rings is 7. The van der Waals surface area contributed by atoms with Crippen LogP contribution in [0, 0.1) is 13.8 Å². The molecular weight excluding hydrogens is 520 g/mol. The summed E-state index contributed by atoms with van der Waals surface area (Å²) in [6, 6.07) is 38.4. The maximum Gasteiger partial charge on any atom is 0.343 e. The van der Waals surface area contributed by atoms with Gasteiger partial charge < -0.3 is 9.47 Å². The number of aryl methyl sites for hydroxylation is 2. The first kappa shape index (κ1) is 25.5. The molecule has 42 heavy (non-hydrogen) atoms. The molecule has 7 rings (SSSR count). The van der Waals surface area contributed by atoms with Crippen molar-refractivity contribution < 1.29 is 19.1 Å². The number of carbonyl (C=O) groups is 2. The molecule has 0 heterocycles. The molecule has 0 N–H and O–H groups in total. The Morgan fingerprint density at radius 3 is 1.24 bits per heavy atom. The lowest BCUT2D eigenvalue weighted by molar-refractivity contribution is 0.0726. The zero-order valence-electron chi connectivity index (χ0n) is 23.2. The molecule has 7 aromatic carbocycles. The van der Waals surface area contributed by atoms with Crippen LogP contribution in [0.3, 0.4) is 0 Å². The SMILES string of the molecule is Cc1cc2c(OC(=O)c3ccc4ccccc4c3)c3ccccc3c(OC(=O)c3ccc4ccccc4c3)c2cc1C. The van der Waals surface area contributed by atoms with E-state index >= 15 is 0 Å². The molecule has 7 aromatic rings. The van der Waals surface area contributed by atoms with Crippen LogP contribution in [0.15, 0.2) is 121 Å². The van der Waals surface area contributed by atoms with Gasteiger partial charge in [-0.25, -0.2) is 9.59 Å². The van der Waals surface area contributed by atoms with Gasteiger partial charge in [-0.3, -0.25) is 0 Å². The number of esters is 2. The molecule has 4 heteroatoms. The van der Waals surface area contributed by atoms with Crippen LogP contribution in [-0.2, 0) is 0 Å². The predicted molar refractivity (Wildman–Crippen MR) is 169 cm³/mol. The van der Waals surface area contributed by atoms with Gasteiger partial charge in [0.05, 0.1) is 11.1 Å². The van der Waals surface area contributed by atoms with E-state index in [0.29, 0.717) is 44.2 Å². The number of hydrogen-bond acceptors (Lipinski definition) is 4. The van der Waals surface area contributed by atoms with Crippen molar-refractivity contribution >= 4 is 55.0 Å². The lowest BCUT2D eigenvalue weighted by Gasteiger charge is -2.18. The maximum atomic E-state index is 13.5. The lowest BCUT2D eigenvalue weighted by Crippen LogP contribution is -2.11. The standard InChI is InChI=1S/C38H26O4/c1-23-19-33-34(20-24(23)2)36(42-38(40)30-18-16-26-10-4-6-12-28(26)22-30)32-14-8-7-13-31(32)35(33)41-37(39)29-17-15-25-9-3-5-11-27(25)21-29/h3-22H,1-2H3. The van der Waals surface area contributed by atoms with Gasteiger partial charge in [-0.1, -0.05) is 84.9 Å². The summed E-state index contributed by atoms with van der Waals surface area (Å²) in [6.45, 7) is 4.03. The maximum absolute atomic E-state index is 13.5. The van der Waals surface area contributed by atoms with Crippen molar-refractivity contribution in [3.05, 3.63) is 144 Å². The van der Waals surface area contributed by atoms with Crippen molar-refractivity contribution in [2.75, 3.05) is 0 Å². The Labute approximate surface area is 242 Å². The molecule has 0 aliphatic carbocycles. The topological polar surface area (TPSA) is 52.6 Å². The van der Waals surface area contributed by atoms with Crippen LogP contribution in [0.2, 0.25) is 0 Å². The molecular formula is C38H26O4. The van der Waals surface area contributed by atoms with Crippen molar-refractivity contribution in [3.8, 4) is 11.5 Å². The van der Waals surface area contributed by atoms with Gasteiger partial charge in [0.25, 0.3) is 0 Å². The van der Waals surface area contributed by atoms with Crippen LogP contribution in [-0.4, -0.2) is 11.9 Å². The molecule has 0 aromatic heterocycles. The van der Waals surface area contributed by atoms with E-state index in [-0.39, 0.29) is 0 Å². The summed E-state index contributed by atoms with van der Waals surface area (Å²) in [7, 11) is 0. The number of fused-ring (bicyclic) bond motifs is 4. The summed E-state index contributed by atoms with van der Waals surface area (Å²) in [6.07, 6.45) is 0. The minimum Gasteiger partial charge on any atom is -0.422 e. The third kappa shape index (κ3) is 4.43. The van der Waals surface area contributed by atoms with Crippen LogP contribution in [0.4, 0.5) is 0 Å². The summed E-state index contributed by atoms with van der Waals surface area (Å²) in [5.41, 5.74) is 2.99. The van der Waals surface area contributed by atoms with E-state index in [1.54, 1.807) is 12.1 Å². The van der Waals surface area contributed by atoms with Gasteiger partial charge in [-0.2, -0.15) is 0 Å². The Hall–Kier alpha value is -5.48. The lowest BCUT2D eigenvalue weighted by atomic mass is 9.96. The average Bonchev–Trinajstić information content (AvgIpc) is 3.02. The molecule has 0 spiro atoms. The smallest absolute Gasteiger partial charge is 0.343 e. The van der Waals surface area contributed by atoms with Gasteiger partial charge in [-0.05, 0) is 82.9 Å². The third-order valence-electron chi connectivity index (χ3n) is 7.90. The Kier molecular flexibility index (Phi) is 6.17. The highest BCUT2D eigenvalue weighted by Gasteiger charge is 2.22. The fourth-order valence-corrected chi connectivity index (χ4v) is 5.52. The molecule has 0 amide bonds. The molecule has 0 radical (unpaired) electrons. The highest BCUT2D eigenvalue weighted by atomic mass is 16.5. The second-order valence-corrected chi connectivity index (χ2v) is 10.6. The number of hydrogen-bond donors (Lipinski definition) is 0. The summed E-state index contributed by atoms with van der Waals surface area (Å²) >= 11 is 0. The molecule has 0 aliphatic heterocycles. The van der Waals surface area contributed by atoms with E-state index in [1.165, 1.54) is 0 Å². The molecule has 4 nitrogen and oxygen atoms in total. The molecule has 0 saturated carbocycles. The Morgan fingerprint density at radius 2 is 0.810 bits per heavy atom. The first-order valence-corrected chi connectivity index (χ1v) is 13.8. The molecule has 0 unspecified atom stereocenters.